The van der Waals surface area contributed by atoms with E-state index in [1.165, 1.54) is 5.75 Å². The van der Waals surface area contributed by atoms with E-state index in [9.17, 15) is 0 Å². The highest BCUT2D eigenvalue weighted by molar-refractivity contribution is 14.0. The van der Waals surface area contributed by atoms with E-state index in [-0.39, 0.29) is 29.4 Å². The van der Waals surface area contributed by atoms with Gasteiger partial charge in [0.05, 0.1) is 0 Å². The molecule has 0 aromatic carbocycles. The average molecular weight is 385 g/mol. The number of hydrogen-bond acceptors (Lipinski definition) is 2. The molecule has 0 radical (unpaired) electrons. The van der Waals surface area contributed by atoms with Crippen LogP contribution in [0.3, 0.4) is 0 Å². The van der Waals surface area contributed by atoms with Crippen LogP contribution in [0.5, 0.6) is 0 Å². The second-order valence-corrected chi connectivity index (χ2v) is 8.29. The van der Waals surface area contributed by atoms with Crippen LogP contribution in [0.15, 0.2) is 4.99 Å². The van der Waals surface area contributed by atoms with Gasteiger partial charge in [-0.15, -0.1) is 24.0 Å². The van der Waals surface area contributed by atoms with E-state index < -0.39 is 0 Å². The molecule has 0 aromatic heterocycles. The quantitative estimate of drug-likeness (QED) is 0.427. The van der Waals surface area contributed by atoms with E-state index in [0.29, 0.717) is 4.75 Å². The van der Waals surface area contributed by atoms with Crippen LogP contribution < -0.4 is 5.32 Å². The van der Waals surface area contributed by atoms with Crippen molar-refractivity contribution in [1.82, 2.24) is 10.2 Å². The van der Waals surface area contributed by atoms with E-state index in [2.05, 4.69) is 61.6 Å². The van der Waals surface area contributed by atoms with Gasteiger partial charge in [-0.2, -0.15) is 11.8 Å². The zero-order valence-corrected chi connectivity index (χ0v) is 15.7. The van der Waals surface area contributed by atoms with Gasteiger partial charge in [-0.25, -0.2) is 0 Å². The van der Waals surface area contributed by atoms with Crippen molar-refractivity contribution in [1.29, 1.82) is 0 Å². The molecule has 1 aliphatic rings. The number of nitrogens with one attached hydrogen (secondary N) is 1. The zero-order valence-electron chi connectivity index (χ0n) is 12.5. The molecule has 108 valence electrons. The van der Waals surface area contributed by atoms with Crippen LogP contribution in [0.1, 0.15) is 34.6 Å². The summed E-state index contributed by atoms with van der Waals surface area (Å²) in [6.07, 6.45) is 0. The molecule has 0 aliphatic carbocycles. The summed E-state index contributed by atoms with van der Waals surface area (Å²) in [7, 11) is 1.87. The molecule has 1 rings (SSSR count). The molecule has 0 aromatic rings. The van der Waals surface area contributed by atoms with Crippen molar-refractivity contribution in [3.05, 3.63) is 0 Å². The predicted molar refractivity (Wildman–Crippen MR) is 94.3 cm³/mol. The number of halogens is 1. The summed E-state index contributed by atoms with van der Waals surface area (Å²) in [5, 5.41) is 3.48. The van der Waals surface area contributed by atoms with Gasteiger partial charge in [-0.1, -0.05) is 20.8 Å². The Morgan fingerprint density at radius 3 is 2.44 bits per heavy atom. The number of rotatable bonds is 1. The molecule has 5 heteroatoms. The lowest BCUT2D eigenvalue weighted by Gasteiger charge is -2.39. The predicted octanol–water partition coefficient (Wildman–Crippen LogP) is 3.05. The molecule has 0 spiro atoms. The third kappa shape index (κ3) is 6.50. The molecule has 0 unspecified atom stereocenters. The van der Waals surface area contributed by atoms with Crippen LogP contribution in [0.4, 0.5) is 0 Å². The summed E-state index contributed by atoms with van der Waals surface area (Å²) in [6.45, 7) is 14.5. The van der Waals surface area contributed by atoms with Crippen LogP contribution in [-0.2, 0) is 0 Å². The van der Waals surface area contributed by atoms with Crippen molar-refractivity contribution in [3.63, 3.8) is 0 Å². The minimum absolute atomic E-state index is 0. The standard InChI is InChI=1S/C13H27N3S.HI/c1-12(2,3)9-15-11(14-6)16-7-8-17-13(4,5)10-16;/h7-10H2,1-6H3,(H,14,15);1H. The largest absolute Gasteiger partial charge is 0.356 e. The highest BCUT2D eigenvalue weighted by Crippen LogP contribution is 2.29. The topological polar surface area (TPSA) is 27.6 Å². The van der Waals surface area contributed by atoms with Gasteiger partial charge in [-0.05, 0) is 19.3 Å². The lowest BCUT2D eigenvalue weighted by Crippen LogP contribution is -2.52. The van der Waals surface area contributed by atoms with Gasteiger partial charge in [0.25, 0.3) is 0 Å². The number of aliphatic imine (C=N–C) groups is 1. The summed E-state index contributed by atoms with van der Waals surface area (Å²) in [5.74, 6) is 2.23. The van der Waals surface area contributed by atoms with Gasteiger partial charge < -0.3 is 10.2 Å². The van der Waals surface area contributed by atoms with E-state index in [1.807, 2.05) is 7.05 Å². The Labute approximate surface area is 134 Å². The molecule has 0 atom stereocenters. The second kappa shape index (κ2) is 7.22. The molecule has 0 amide bonds. The van der Waals surface area contributed by atoms with Crippen molar-refractivity contribution < 1.29 is 0 Å². The summed E-state index contributed by atoms with van der Waals surface area (Å²) in [4.78, 5) is 6.78. The van der Waals surface area contributed by atoms with Gasteiger partial charge in [0.15, 0.2) is 5.96 Å². The molecule has 1 saturated heterocycles. The highest BCUT2D eigenvalue weighted by Gasteiger charge is 2.28. The van der Waals surface area contributed by atoms with Crippen LogP contribution in [-0.4, -0.2) is 48.0 Å². The molecule has 3 nitrogen and oxygen atoms in total. The van der Waals surface area contributed by atoms with E-state index in [0.717, 1.165) is 25.6 Å². The fourth-order valence-electron chi connectivity index (χ4n) is 1.87. The Bertz CT molecular complexity index is 284. The molecule has 1 heterocycles. The van der Waals surface area contributed by atoms with Gasteiger partial charge in [0.2, 0.25) is 0 Å². The first-order valence-electron chi connectivity index (χ1n) is 6.33. The zero-order chi connectivity index (χ0) is 13.1. The van der Waals surface area contributed by atoms with Gasteiger partial charge in [0.1, 0.15) is 0 Å². The Hall–Kier alpha value is 0.350. The fourth-order valence-corrected chi connectivity index (χ4v) is 2.99. The Balaban J connectivity index is 0.00000289. The van der Waals surface area contributed by atoms with Crippen molar-refractivity contribution in [2.24, 2.45) is 10.4 Å². The second-order valence-electron chi connectivity index (χ2n) is 6.49. The smallest absolute Gasteiger partial charge is 0.193 e. The Morgan fingerprint density at radius 2 is 2.00 bits per heavy atom. The average Bonchev–Trinajstić information content (AvgIpc) is 2.15. The molecule has 1 N–H and O–H groups in total. The molecule has 0 saturated carbocycles. The summed E-state index contributed by atoms with van der Waals surface area (Å²) in [6, 6.07) is 0. The maximum absolute atomic E-state index is 4.40. The number of hydrogen-bond donors (Lipinski definition) is 1. The van der Waals surface area contributed by atoms with Gasteiger partial charge in [0, 0.05) is 37.2 Å². The lowest BCUT2D eigenvalue weighted by atomic mass is 9.97. The monoisotopic (exact) mass is 385 g/mol. The molecule has 1 aliphatic heterocycles. The third-order valence-electron chi connectivity index (χ3n) is 2.71. The van der Waals surface area contributed by atoms with E-state index in [4.69, 9.17) is 0 Å². The van der Waals surface area contributed by atoms with Crippen molar-refractivity contribution in [3.8, 4) is 0 Å². The fraction of sp³-hybridized carbons (Fsp3) is 0.923. The molecule has 0 bridgehead atoms. The van der Waals surface area contributed by atoms with Gasteiger partial charge >= 0.3 is 0 Å². The van der Waals surface area contributed by atoms with E-state index in [1.54, 1.807) is 0 Å². The van der Waals surface area contributed by atoms with Crippen molar-refractivity contribution >= 4 is 41.7 Å². The molecular weight excluding hydrogens is 357 g/mol. The lowest BCUT2D eigenvalue weighted by molar-refractivity contribution is 0.355. The first-order chi connectivity index (χ1) is 7.73. The van der Waals surface area contributed by atoms with Crippen LogP contribution in [0, 0.1) is 5.41 Å². The Kier molecular flexibility index (Phi) is 7.36. The first-order valence-corrected chi connectivity index (χ1v) is 7.32. The summed E-state index contributed by atoms with van der Waals surface area (Å²) >= 11 is 2.05. The first kappa shape index (κ1) is 18.4. The Morgan fingerprint density at radius 1 is 1.39 bits per heavy atom. The number of thioether (sulfide) groups is 1. The molecule has 1 fully saturated rings. The van der Waals surface area contributed by atoms with Crippen LogP contribution >= 0.6 is 35.7 Å². The normalized spacial score (nSPS) is 20.3. The highest BCUT2D eigenvalue weighted by atomic mass is 127. The summed E-state index contributed by atoms with van der Waals surface area (Å²) in [5.41, 5.74) is 0.288. The molecule has 18 heavy (non-hydrogen) atoms. The third-order valence-corrected chi connectivity index (χ3v) is 4.01. The molecular formula is C13H28IN3S. The van der Waals surface area contributed by atoms with Crippen LogP contribution in [0.2, 0.25) is 0 Å². The number of guanidine groups is 1. The van der Waals surface area contributed by atoms with Crippen molar-refractivity contribution in [2.45, 2.75) is 39.4 Å². The maximum Gasteiger partial charge on any atom is 0.193 e. The number of nitrogens with zero attached hydrogens (tertiary/aromatic N) is 2. The van der Waals surface area contributed by atoms with E-state index >= 15 is 0 Å². The van der Waals surface area contributed by atoms with Crippen LogP contribution in [0.25, 0.3) is 0 Å². The van der Waals surface area contributed by atoms with Crippen molar-refractivity contribution in [2.75, 3.05) is 32.4 Å². The van der Waals surface area contributed by atoms with Gasteiger partial charge in [-0.3, -0.25) is 4.99 Å². The minimum Gasteiger partial charge on any atom is -0.356 e. The SMILES string of the molecule is CN=C(NCC(C)(C)C)N1CCSC(C)(C)C1.I. The maximum atomic E-state index is 4.40. The minimum atomic E-state index is 0. The summed E-state index contributed by atoms with van der Waals surface area (Å²) < 4.78 is 0.331.